The van der Waals surface area contributed by atoms with Gasteiger partial charge in [0.1, 0.15) is 15.0 Å². The molecule has 0 saturated carbocycles. The first-order valence-corrected chi connectivity index (χ1v) is 13.0. The molecule has 0 fully saturated rings. The molecular weight excluding hydrogens is 519 g/mol. The van der Waals surface area contributed by atoms with Gasteiger partial charge in [-0.2, -0.15) is 0 Å². The zero-order chi connectivity index (χ0) is 26.6. The van der Waals surface area contributed by atoms with Gasteiger partial charge >= 0.3 is 0 Å². The van der Waals surface area contributed by atoms with Gasteiger partial charge in [-0.15, -0.1) is 0 Å². The van der Waals surface area contributed by atoms with Gasteiger partial charge in [-0.05, 0) is 44.2 Å². The van der Waals surface area contributed by atoms with E-state index in [0.717, 1.165) is 0 Å². The van der Waals surface area contributed by atoms with Gasteiger partial charge in [-0.1, -0.05) is 54.1 Å². The lowest BCUT2D eigenvalue weighted by Crippen LogP contribution is -2.12. The summed E-state index contributed by atoms with van der Waals surface area (Å²) in [5.41, 5.74) is 2.69. The van der Waals surface area contributed by atoms with Crippen molar-refractivity contribution in [2.75, 3.05) is 0 Å². The van der Waals surface area contributed by atoms with Crippen LogP contribution in [0.25, 0.3) is 0 Å². The first kappa shape index (κ1) is 27.4. The second-order valence-corrected chi connectivity index (χ2v) is 10.9. The molecule has 10 heteroatoms. The molecule has 0 saturated heterocycles. The van der Waals surface area contributed by atoms with Crippen LogP contribution in [0.1, 0.15) is 11.1 Å². The topological polar surface area (TPSA) is 57.2 Å². The van der Waals surface area contributed by atoms with Crippen molar-refractivity contribution in [3.05, 3.63) is 119 Å². The van der Waals surface area contributed by atoms with Gasteiger partial charge in [-0.25, -0.2) is 30.4 Å². The molecule has 188 valence electrons. The second-order valence-electron chi connectivity index (χ2n) is 7.55. The third-order valence-corrected chi connectivity index (χ3v) is 8.17. The molecule has 0 aliphatic carbocycles. The molecule has 0 aliphatic heterocycles. The van der Waals surface area contributed by atoms with Crippen LogP contribution in [0.4, 0.5) is 22.0 Å². The quantitative estimate of drug-likeness (QED) is 0.0957. The molecular formula is C26H19F5O3S2. The predicted molar refractivity (Wildman–Crippen MR) is 125 cm³/mol. The summed E-state index contributed by atoms with van der Waals surface area (Å²) in [4.78, 5) is 1.78. The van der Waals surface area contributed by atoms with Crippen LogP contribution >= 0.6 is 0 Å². The molecule has 4 aromatic rings. The van der Waals surface area contributed by atoms with Crippen molar-refractivity contribution < 1.29 is 34.9 Å². The number of hydrogen-bond donors (Lipinski definition) is 0. The number of aryl methyl sites for hydroxylation is 2. The Morgan fingerprint density at radius 2 is 1.06 bits per heavy atom. The Morgan fingerprint density at radius 1 is 0.639 bits per heavy atom. The van der Waals surface area contributed by atoms with Crippen molar-refractivity contribution >= 4 is 21.0 Å². The minimum absolute atomic E-state index is 0.0345. The number of benzene rings is 4. The molecule has 36 heavy (non-hydrogen) atoms. The van der Waals surface area contributed by atoms with Crippen LogP contribution in [-0.4, -0.2) is 13.0 Å². The minimum atomic E-state index is -5.77. The predicted octanol–water partition coefficient (Wildman–Crippen LogP) is 6.69. The number of halogens is 5. The third-order valence-electron chi connectivity index (χ3n) is 4.93. The van der Waals surface area contributed by atoms with E-state index in [-0.39, 0.29) is 10.9 Å². The molecule has 0 bridgehead atoms. The molecule has 0 aliphatic rings. The lowest BCUT2D eigenvalue weighted by molar-refractivity contribution is 0.350. The van der Waals surface area contributed by atoms with E-state index in [1.165, 1.54) is 25.8 Å². The van der Waals surface area contributed by atoms with Gasteiger partial charge in [0, 0.05) is 5.56 Å². The van der Waals surface area contributed by atoms with Crippen LogP contribution in [0.2, 0.25) is 0 Å². The highest BCUT2D eigenvalue weighted by Gasteiger charge is 2.30. The highest BCUT2D eigenvalue weighted by Crippen LogP contribution is 2.33. The SMILES string of the molecule is Cc1ccc([S+](c2ccccc2)c2ccccc2)c(C)c1.O=S(=O)([O-])c1c(F)c(F)c(F)c(F)c1F. The van der Waals surface area contributed by atoms with E-state index in [0.29, 0.717) is 0 Å². The standard InChI is InChI=1S/C20H19S.C6HF5O3S/c1-16-13-14-20(17(2)15-16)21(18-9-5-3-6-10-18)19-11-7-4-8-12-19;7-1-2(8)4(10)6(15(12,13)14)5(11)3(1)9/h3-15H,1-2H3;(H,12,13,14)/q+1;/p-1. The van der Waals surface area contributed by atoms with Crippen LogP contribution in [-0.2, 0) is 21.0 Å². The van der Waals surface area contributed by atoms with E-state index in [4.69, 9.17) is 0 Å². The van der Waals surface area contributed by atoms with E-state index in [2.05, 4.69) is 92.7 Å². The molecule has 4 rings (SSSR count). The van der Waals surface area contributed by atoms with E-state index < -0.39 is 44.1 Å². The Hall–Kier alpha value is -3.21. The summed E-state index contributed by atoms with van der Waals surface area (Å²) in [6.07, 6.45) is 0. The first-order chi connectivity index (χ1) is 16.9. The van der Waals surface area contributed by atoms with Crippen molar-refractivity contribution in [3.63, 3.8) is 0 Å². The second kappa shape index (κ2) is 11.2. The van der Waals surface area contributed by atoms with Gasteiger partial charge in [-0.3, -0.25) is 0 Å². The largest absolute Gasteiger partial charge is 0.744 e. The molecule has 0 heterocycles. The van der Waals surface area contributed by atoms with E-state index >= 15 is 0 Å². The molecule has 4 aromatic carbocycles. The van der Waals surface area contributed by atoms with Crippen molar-refractivity contribution in [2.24, 2.45) is 0 Å². The van der Waals surface area contributed by atoms with Crippen LogP contribution < -0.4 is 0 Å². The van der Waals surface area contributed by atoms with Gasteiger partial charge in [0.05, 0.1) is 10.9 Å². The van der Waals surface area contributed by atoms with Crippen LogP contribution in [0, 0.1) is 42.9 Å². The number of rotatable bonds is 4. The summed E-state index contributed by atoms with van der Waals surface area (Å²) in [6, 6.07) is 28.4. The van der Waals surface area contributed by atoms with Gasteiger partial charge in [0.15, 0.2) is 38.0 Å². The monoisotopic (exact) mass is 538 g/mol. The van der Waals surface area contributed by atoms with Gasteiger partial charge < -0.3 is 4.55 Å². The van der Waals surface area contributed by atoms with Gasteiger partial charge in [0.2, 0.25) is 5.82 Å². The van der Waals surface area contributed by atoms with Crippen molar-refractivity contribution in [1.29, 1.82) is 0 Å². The molecule has 0 aromatic heterocycles. The maximum absolute atomic E-state index is 12.6. The molecule has 0 amide bonds. The van der Waals surface area contributed by atoms with Crippen molar-refractivity contribution in [3.8, 4) is 0 Å². The zero-order valence-electron chi connectivity index (χ0n) is 18.9. The maximum Gasteiger partial charge on any atom is 0.200 e. The Balaban J connectivity index is 0.000000214. The summed E-state index contributed by atoms with van der Waals surface area (Å²) >= 11 is 0. The molecule has 0 atom stereocenters. The first-order valence-electron chi connectivity index (χ1n) is 10.3. The Bertz CT molecular complexity index is 1410. The Morgan fingerprint density at radius 3 is 1.44 bits per heavy atom. The summed E-state index contributed by atoms with van der Waals surface area (Å²) in [6.45, 7) is 4.37. The molecule has 0 unspecified atom stereocenters. The van der Waals surface area contributed by atoms with Crippen LogP contribution in [0.15, 0.2) is 98.4 Å². The van der Waals surface area contributed by atoms with E-state index in [1.54, 1.807) is 0 Å². The number of hydrogen-bond acceptors (Lipinski definition) is 3. The normalized spacial score (nSPS) is 11.2. The molecule has 0 spiro atoms. The van der Waals surface area contributed by atoms with E-state index in [9.17, 15) is 34.9 Å². The summed E-state index contributed by atoms with van der Waals surface area (Å²) in [5, 5.41) is 0. The van der Waals surface area contributed by atoms with Crippen LogP contribution in [0.3, 0.4) is 0 Å². The van der Waals surface area contributed by atoms with Crippen molar-refractivity contribution in [1.82, 2.24) is 0 Å². The highest BCUT2D eigenvalue weighted by molar-refractivity contribution is 7.97. The zero-order valence-corrected chi connectivity index (χ0v) is 20.6. The molecule has 3 nitrogen and oxygen atoms in total. The summed E-state index contributed by atoms with van der Waals surface area (Å²) in [5.74, 6) is -12.8. The lowest BCUT2D eigenvalue weighted by atomic mass is 10.2. The molecule has 0 N–H and O–H groups in total. The smallest absolute Gasteiger partial charge is 0.200 e. The average molecular weight is 539 g/mol. The van der Waals surface area contributed by atoms with E-state index in [1.807, 2.05) is 0 Å². The summed E-state index contributed by atoms with van der Waals surface area (Å²) in [7, 11) is -5.81. The van der Waals surface area contributed by atoms with Crippen LogP contribution in [0.5, 0.6) is 0 Å². The maximum atomic E-state index is 12.6. The molecule has 0 radical (unpaired) electrons. The fraction of sp³-hybridized carbons (Fsp3) is 0.0769. The van der Waals surface area contributed by atoms with Gasteiger partial charge in [0.25, 0.3) is 0 Å². The van der Waals surface area contributed by atoms with Crippen molar-refractivity contribution in [2.45, 2.75) is 33.4 Å². The lowest BCUT2D eigenvalue weighted by Gasteiger charge is -2.10. The Kier molecular flexibility index (Phi) is 8.55. The fourth-order valence-electron chi connectivity index (χ4n) is 3.34. The minimum Gasteiger partial charge on any atom is -0.744 e. The average Bonchev–Trinajstić information content (AvgIpc) is 2.84. The third kappa shape index (κ3) is 5.95. The highest BCUT2D eigenvalue weighted by atomic mass is 32.2. The summed E-state index contributed by atoms with van der Waals surface area (Å²) < 4.78 is 92.9. The fourth-order valence-corrected chi connectivity index (χ4v) is 6.18. The Labute approximate surface area is 208 Å².